The molecule has 0 saturated carbocycles. The van der Waals surface area contributed by atoms with Gasteiger partial charge in [0.25, 0.3) is 0 Å². The van der Waals surface area contributed by atoms with E-state index in [0.717, 1.165) is 0 Å². The van der Waals surface area contributed by atoms with E-state index in [1.807, 2.05) is 0 Å². The van der Waals surface area contributed by atoms with Crippen molar-refractivity contribution in [2.24, 2.45) is 0 Å². The van der Waals surface area contributed by atoms with E-state index in [0.29, 0.717) is 0 Å². The Labute approximate surface area is 166 Å². The van der Waals surface area contributed by atoms with Gasteiger partial charge in [-0.05, 0) is 68.8 Å². The van der Waals surface area contributed by atoms with Gasteiger partial charge in [0.15, 0.2) is 0 Å². The van der Waals surface area contributed by atoms with Crippen molar-refractivity contribution in [3.63, 3.8) is 0 Å². The normalized spacial score (nSPS) is 11.2. The van der Waals surface area contributed by atoms with Crippen molar-refractivity contribution in [2.45, 2.75) is 13.8 Å². The highest BCUT2D eigenvalue weighted by atomic mass is 14.2. The lowest BCUT2D eigenvalue weighted by atomic mass is 9.85. The van der Waals surface area contributed by atoms with Gasteiger partial charge >= 0.3 is 0 Å². The molecule has 0 unspecified atom stereocenters. The van der Waals surface area contributed by atoms with Gasteiger partial charge in [0, 0.05) is 0 Å². The topological polar surface area (TPSA) is 0 Å². The van der Waals surface area contributed by atoms with Crippen LogP contribution in [0.3, 0.4) is 0 Å². The fraction of sp³-hybridized carbons (Fsp3) is 0.0714. The largest absolute Gasteiger partial charge is 0.0620 e. The zero-order valence-corrected chi connectivity index (χ0v) is 16.2. The van der Waals surface area contributed by atoms with E-state index >= 15 is 0 Å². The highest BCUT2D eigenvalue weighted by molar-refractivity contribution is 6.15. The number of rotatable bonds is 2. The lowest BCUT2D eigenvalue weighted by Gasteiger charge is -2.18. The predicted molar refractivity (Wildman–Crippen MR) is 122 cm³/mol. The summed E-state index contributed by atoms with van der Waals surface area (Å²) in [5.74, 6) is 0. The second kappa shape index (κ2) is 6.65. The molecule has 28 heavy (non-hydrogen) atoms. The fourth-order valence-corrected chi connectivity index (χ4v) is 4.33. The Kier molecular flexibility index (Phi) is 3.98. The van der Waals surface area contributed by atoms with Gasteiger partial charge in [0.1, 0.15) is 0 Å². The summed E-state index contributed by atoms with van der Waals surface area (Å²) in [6.07, 6.45) is 0. The van der Waals surface area contributed by atoms with Crippen molar-refractivity contribution in [3.8, 4) is 22.3 Å². The third-order valence-corrected chi connectivity index (χ3v) is 5.78. The summed E-state index contributed by atoms with van der Waals surface area (Å²) in [4.78, 5) is 0. The van der Waals surface area contributed by atoms with Gasteiger partial charge in [-0.15, -0.1) is 0 Å². The standard InChI is InChI=1S/C28H22/c1-19-9-3-6-12-22(19)26-18-17-25-24-14-8-5-11-21(24)15-16-27(25)28(26)23-13-7-4-10-20(23)2/h3-18H,1-2H3. The Morgan fingerprint density at radius 3 is 1.75 bits per heavy atom. The van der Waals surface area contributed by atoms with Gasteiger partial charge < -0.3 is 0 Å². The predicted octanol–water partition coefficient (Wildman–Crippen LogP) is 7.94. The van der Waals surface area contributed by atoms with Gasteiger partial charge in [-0.25, -0.2) is 0 Å². The van der Waals surface area contributed by atoms with Crippen LogP contribution in [-0.2, 0) is 0 Å². The van der Waals surface area contributed by atoms with E-state index < -0.39 is 0 Å². The lowest BCUT2D eigenvalue weighted by molar-refractivity contribution is 1.44. The van der Waals surface area contributed by atoms with Crippen molar-refractivity contribution in [1.82, 2.24) is 0 Å². The van der Waals surface area contributed by atoms with E-state index in [-0.39, 0.29) is 0 Å². The molecule has 0 spiro atoms. The van der Waals surface area contributed by atoms with E-state index in [1.54, 1.807) is 0 Å². The van der Waals surface area contributed by atoms with Crippen LogP contribution in [0.15, 0.2) is 97.1 Å². The van der Waals surface area contributed by atoms with Crippen molar-refractivity contribution >= 4 is 21.5 Å². The Morgan fingerprint density at radius 1 is 0.393 bits per heavy atom. The summed E-state index contributed by atoms with van der Waals surface area (Å²) in [5.41, 5.74) is 7.85. The molecule has 5 aromatic carbocycles. The minimum atomic E-state index is 1.29. The van der Waals surface area contributed by atoms with Crippen LogP contribution in [0, 0.1) is 13.8 Å². The van der Waals surface area contributed by atoms with E-state index in [9.17, 15) is 0 Å². The third kappa shape index (κ3) is 2.61. The molecule has 0 bridgehead atoms. The maximum Gasteiger partial charge on any atom is -0.00238 e. The molecular formula is C28H22. The molecule has 0 heterocycles. The molecule has 5 aromatic rings. The number of hydrogen-bond acceptors (Lipinski definition) is 0. The lowest BCUT2D eigenvalue weighted by Crippen LogP contribution is -1.92. The van der Waals surface area contributed by atoms with Crippen LogP contribution in [0.1, 0.15) is 11.1 Å². The Balaban J connectivity index is 1.96. The van der Waals surface area contributed by atoms with Gasteiger partial charge in [-0.1, -0.05) is 97.1 Å². The molecule has 0 radical (unpaired) electrons. The average Bonchev–Trinajstić information content (AvgIpc) is 2.74. The number of benzene rings is 5. The second-order valence-corrected chi connectivity index (χ2v) is 7.50. The summed E-state index contributed by atoms with van der Waals surface area (Å²) in [5, 5.41) is 5.22. The van der Waals surface area contributed by atoms with Crippen molar-refractivity contribution in [1.29, 1.82) is 0 Å². The van der Waals surface area contributed by atoms with Gasteiger partial charge in [-0.2, -0.15) is 0 Å². The first kappa shape index (κ1) is 16.8. The van der Waals surface area contributed by atoms with E-state index in [2.05, 4.69) is 111 Å². The monoisotopic (exact) mass is 358 g/mol. The molecule has 0 aliphatic rings. The summed E-state index contributed by atoms with van der Waals surface area (Å²) in [6.45, 7) is 4.40. The van der Waals surface area contributed by atoms with E-state index in [4.69, 9.17) is 0 Å². The molecule has 0 atom stereocenters. The Bertz CT molecular complexity index is 1320. The van der Waals surface area contributed by atoms with Crippen molar-refractivity contribution in [3.05, 3.63) is 108 Å². The van der Waals surface area contributed by atoms with Crippen LogP contribution in [0.25, 0.3) is 43.8 Å². The zero-order chi connectivity index (χ0) is 19.1. The number of fused-ring (bicyclic) bond motifs is 3. The molecule has 0 aliphatic heterocycles. The smallest absolute Gasteiger partial charge is 0.00238 e. The van der Waals surface area contributed by atoms with Crippen LogP contribution in [0.5, 0.6) is 0 Å². The fourth-order valence-electron chi connectivity index (χ4n) is 4.33. The Morgan fingerprint density at radius 2 is 1.00 bits per heavy atom. The molecular weight excluding hydrogens is 336 g/mol. The summed E-state index contributed by atoms with van der Waals surface area (Å²) in [7, 11) is 0. The molecule has 0 saturated heterocycles. The van der Waals surface area contributed by atoms with Crippen molar-refractivity contribution < 1.29 is 0 Å². The number of hydrogen-bond donors (Lipinski definition) is 0. The van der Waals surface area contributed by atoms with Crippen LogP contribution in [-0.4, -0.2) is 0 Å². The maximum atomic E-state index is 2.30. The zero-order valence-electron chi connectivity index (χ0n) is 16.2. The SMILES string of the molecule is Cc1ccccc1-c1ccc2c(ccc3ccccc32)c1-c1ccccc1C. The molecule has 5 rings (SSSR count). The first-order chi connectivity index (χ1) is 13.7. The average molecular weight is 358 g/mol. The second-order valence-electron chi connectivity index (χ2n) is 7.50. The quantitative estimate of drug-likeness (QED) is 0.281. The van der Waals surface area contributed by atoms with Crippen LogP contribution < -0.4 is 0 Å². The maximum absolute atomic E-state index is 2.30. The molecule has 0 N–H and O–H groups in total. The molecule has 0 nitrogen and oxygen atoms in total. The number of aryl methyl sites for hydroxylation is 2. The van der Waals surface area contributed by atoms with Crippen molar-refractivity contribution in [2.75, 3.05) is 0 Å². The van der Waals surface area contributed by atoms with Crippen LogP contribution in [0.4, 0.5) is 0 Å². The van der Waals surface area contributed by atoms with Crippen LogP contribution in [0.2, 0.25) is 0 Å². The molecule has 0 fully saturated rings. The Hall–Kier alpha value is -3.38. The van der Waals surface area contributed by atoms with Gasteiger partial charge in [0.2, 0.25) is 0 Å². The molecule has 0 aliphatic carbocycles. The van der Waals surface area contributed by atoms with Crippen LogP contribution >= 0.6 is 0 Å². The van der Waals surface area contributed by atoms with Gasteiger partial charge in [-0.3, -0.25) is 0 Å². The minimum absolute atomic E-state index is 1.29. The van der Waals surface area contributed by atoms with E-state index in [1.165, 1.54) is 54.9 Å². The minimum Gasteiger partial charge on any atom is -0.0620 e. The molecule has 0 amide bonds. The first-order valence-corrected chi connectivity index (χ1v) is 9.80. The highest BCUT2D eigenvalue weighted by Crippen LogP contribution is 2.42. The van der Waals surface area contributed by atoms with Gasteiger partial charge in [0.05, 0.1) is 0 Å². The first-order valence-electron chi connectivity index (χ1n) is 9.80. The summed E-state index contributed by atoms with van der Waals surface area (Å²) in [6, 6.07) is 35.2. The molecule has 134 valence electrons. The molecule has 0 aromatic heterocycles. The molecule has 0 heteroatoms. The summed E-state index contributed by atoms with van der Waals surface area (Å²) >= 11 is 0. The highest BCUT2D eigenvalue weighted by Gasteiger charge is 2.15. The summed E-state index contributed by atoms with van der Waals surface area (Å²) < 4.78 is 0. The third-order valence-electron chi connectivity index (χ3n) is 5.78.